The van der Waals surface area contributed by atoms with Crippen LogP contribution in [0.4, 0.5) is 0 Å². The summed E-state index contributed by atoms with van der Waals surface area (Å²) in [6.45, 7) is 5.26. The third-order valence-electron chi connectivity index (χ3n) is 3.54. The Labute approximate surface area is 165 Å². The molecule has 0 heterocycles. The highest BCUT2D eigenvalue weighted by molar-refractivity contribution is 5.82. The van der Waals surface area contributed by atoms with Crippen molar-refractivity contribution >= 4 is 18.1 Å². The van der Waals surface area contributed by atoms with Crippen LogP contribution >= 0.6 is 0 Å². The molecule has 0 spiro atoms. The van der Waals surface area contributed by atoms with Crippen molar-refractivity contribution in [2.24, 2.45) is 5.10 Å². The van der Waals surface area contributed by atoms with Gasteiger partial charge in [0.15, 0.2) is 6.61 Å². The molecule has 0 bridgehead atoms. The van der Waals surface area contributed by atoms with Gasteiger partial charge >= 0.3 is 5.97 Å². The fourth-order valence-corrected chi connectivity index (χ4v) is 2.30. The molecular formula is C22H26N2O4. The van der Waals surface area contributed by atoms with Crippen molar-refractivity contribution in [3.8, 4) is 5.75 Å². The van der Waals surface area contributed by atoms with Gasteiger partial charge in [0.05, 0.1) is 6.21 Å². The molecule has 0 aliphatic heterocycles. The summed E-state index contributed by atoms with van der Waals surface area (Å²) in [5.74, 6) is -0.0105. The highest BCUT2D eigenvalue weighted by Gasteiger charge is 2.16. The number of benzene rings is 2. The number of hydrazone groups is 1. The van der Waals surface area contributed by atoms with Gasteiger partial charge < -0.3 is 9.47 Å². The SMILES string of the molecule is CC(C)(C)OC(=O)COc1ccc(/C=N\NC(=O)CCc2ccccc2)cc1. The zero-order chi connectivity index (χ0) is 20.4. The molecule has 0 saturated heterocycles. The fourth-order valence-electron chi connectivity index (χ4n) is 2.30. The molecule has 1 N–H and O–H groups in total. The molecule has 148 valence electrons. The first kappa shape index (κ1) is 21.2. The first-order valence-corrected chi connectivity index (χ1v) is 9.12. The van der Waals surface area contributed by atoms with Crippen molar-refractivity contribution in [1.29, 1.82) is 0 Å². The lowest BCUT2D eigenvalue weighted by molar-refractivity contribution is -0.157. The second-order valence-electron chi connectivity index (χ2n) is 7.22. The first-order valence-electron chi connectivity index (χ1n) is 9.12. The van der Waals surface area contributed by atoms with Gasteiger partial charge in [-0.15, -0.1) is 0 Å². The third kappa shape index (κ3) is 8.49. The van der Waals surface area contributed by atoms with Crippen LogP contribution in [0.2, 0.25) is 0 Å². The summed E-state index contributed by atoms with van der Waals surface area (Å²) in [6, 6.07) is 16.8. The normalized spacial score (nSPS) is 11.2. The molecule has 0 aliphatic rings. The molecule has 0 unspecified atom stereocenters. The van der Waals surface area contributed by atoms with E-state index < -0.39 is 11.6 Å². The molecule has 0 fully saturated rings. The van der Waals surface area contributed by atoms with Gasteiger partial charge in [-0.1, -0.05) is 30.3 Å². The van der Waals surface area contributed by atoms with Crippen LogP contribution in [-0.2, 0) is 20.7 Å². The number of amides is 1. The largest absolute Gasteiger partial charge is 0.482 e. The van der Waals surface area contributed by atoms with Crippen LogP contribution in [0.5, 0.6) is 5.75 Å². The number of rotatable bonds is 8. The monoisotopic (exact) mass is 382 g/mol. The second kappa shape index (κ2) is 10.3. The Morgan fingerprint density at radius 1 is 1.04 bits per heavy atom. The number of hydrogen-bond donors (Lipinski definition) is 1. The molecule has 2 rings (SSSR count). The number of aryl methyl sites for hydroxylation is 1. The standard InChI is InChI=1S/C22H26N2O4/c1-22(2,3)28-21(26)16-27-19-12-9-18(10-13-19)15-23-24-20(25)14-11-17-7-5-4-6-8-17/h4-10,12-13,15H,11,14,16H2,1-3H3,(H,24,25)/b23-15-. The van der Waals surface area contributed by atoms with E-state index in [9.17, 15) is 9.59 Å². The van der Waals surface area contributed by atoms with Crippen LogP contribution in [0.25, 0.3) is 0 Å². The molecule has 28 heavy (non-hydrogen) atoms. The topological polar surface area (TPSA) is 77.0 Å². The van der Waals surface area contributed by atoms with Crippen LogP contribution in [-0.4, -0.2) is 30.3 Å². The Morgan fingerprint density at radius 2 is 1.71 bits per heavy atom. The quantitative estimate of drug-likeness (QED) is 0.431. The van der Waals surface area contributed by atoms with Gasteiger partial charge in [-0.2, -0.15) is 5.10 Å². The van der Waals surface area contributed by atoms with Crippen molar-refractivity contribution in [1.82, 2.24) is 5.43 Å². The summed E-state index contributed by atoms with van der Waals surface area (Å²) >= 11 is 0. The summed E-state index contributed by atoms with van der Waals surface area (Å²) in [5.41, 5.74) is 3.89. The predicted octanol–water partition coefficient (Wildman–Crippen LogP) is 3.49. The minimum atomic E-state index is -0.535. The van der Waals surface area contributed by atoms with Gasteiger partial charge in [-0.05, 0) is 62.6 Å². The molecule has 1 amide bonds. The molecule has 2 aromatic rings. The Balaban J connectivity index is 1.72. The smallest absolute Gasteiger partial charge is 0.344 e. The first-order chi connectivity index (χ1) is 13.3. The van der Waals surface area contributed by atoms with Crippen LogP contribution in [0.1, 0.15) is 38.3 Å². The van der Waals surface area contributed by atoms with E-state index in [2.05, 4.69) is 10.5 Å². The summed E-state index contributed by atoms with van der Waals surface area (Å²) in [6.07, 6.45) is 2.60. The van der Waals surface area contributed by atoms with E-state index in [0.717, 1.165) is 11.1 Å². The van der Waals surface area contributed by atoms with Gasteiger partial charge in [0, 0.05) is 6.42 Å². The molecule has 0 atom stereocenters. The number of carbonyl (C=O) groups is 2. The highest BCUT2D eigenvalue weighted by Crippen LogP contribution is 2.12. The number of carbonyl (C=O) groups excluding carboxylic acids is 2. The molecule has 0 saturated carbocycles. The maximum absolute atomic E-state index is 11.8. The van der Waals surface area contributed by atoms with E-state index in [1.807, 2.05) is 30.3 Å². The lowest BCUT2D eigenvalue weighted by Gasteiger charge is -2.19. The summed E-state index contributed by atoms with van der Waals surface area (Å²) in [7, 11) is 0. The number of hydrogen-bond acceptors (Lipinski definition) is 5. The summed E-state index contributed by atoms with van der Waals surface area (Å²) in [4.78, 5) is 23.5. The number of nitrogens with one attached hydrogen (secondary N) is 1. The van der Waals surface area contributed by atoms with Crippen molar-refractivity contribution in [3.05, 3.63) is 65.7 Å². The predicted molar refractivity (Wildman–Crippen MR) is 108 cm³/mol. The molecule has 0 aliphatic carbocycles. The van der Waals surface area contributed by atoms with Gasteiger partial charge in [0.1, 0.15) is 11.4 Å². The molecule has 2 aromatic carbocycles. The molecule has 0 aromatic heterocycles. The second-order valence-corrected chi connectivity index (χ2v) is 7.22. The van der Waals surface area contributed by atoms with E-state index in [1.165, 1.54) is 0 Å². The Hall–Kier alpha value is -3.15. The number of nitrogens with zero attached hydrogens (tertiary/aromatic N) is 1. The van der Waals surface area contributed by atoms with Gasteiger partial charge in [-0.3, -0.25) is 4.79 Å². The highest BCUT2D eigenvalue weighted by atomic mass is 16.6. The zero-order valence-electron chi connectivity index (χ0n) is 16.5. The van der Waals surface area contributed by atoms with Gasteiger partial charge in [0.25, 0.3) is 0 Å². The molecule has 6 heteroatoms. The Morgan fingerprint density at radius 3 is 2.36 bits per heavy atom. The number of ether oxygens (including phenoxy) is 2. The maximum atomic E-state index is 11.8. The van der Waals surface area contributed by atoms with Crippen molar-refractivity contribution in [2.45, 2.75) is 39.2 Å². The Kier molecular flexibility index (Phi) is 7.75. The van der Waals surface area contributed by atoms with Crippen molar-refractivity contribution in [2.75, 3.05) is 6.61 Å². The van der Waals surface area contributed by atoms with Gasteiger partial charge in [-0.25, -0.2) is 10.2 Å². The van der Waals surface area contributed by atoms with Crippen molar-refractivity contribution in [3.63, 3.8) is 0 Å². The van der Waals surface area contributed by atoms with Crippen LogP contribution < -0.4 is 10.2 Å². The minimum Gasteiger partial charge on any atom is -0.482 e. The van der Waals surface area contributed by atoms with Crippen LogP contribution in [0.15, 0.2) is 59.7 Å². The van der Waals surface area contributed by atoms with E-state index >= 15 is 0 Å². The number of esters is 1. The molecular weight excluding hydrogens is 356 g/mol. The van der Waals surface area contributed by atoms with Crippen molar-refractivity contribution < 1.29 is 19.1 Å². The summed E-state index contributed by atoms with van der Waals surface area (Å²) in [5, 5.41) is 3.96. The van der Waals surface area contributed by atoms with E-state index in [-0.39, 0.29) is 12.5 Å². The van der Waals surface area contributed by atoms with E-state index in [1.54, 1.807) is 51.3 Å². The average Bonchev–Trinajstić information content (AvgIpc) is 2.65. The van der Waals surface area contributed by atoms with Crippen LogP contribution in [0, 0.1) is 0 Å². The fraction of sp³-hybridized carbons (Fsp3) is 0.318. The van der Waals surface area contributed by atoms with Gasteiger partial charge in [0.2, 0.25) is 5.91 Å². The average molecular weight is 382 g/mol. The van der Waals surface area contributed by atoms with E-state index in [4.69, 9.17) is 9.47 Å². The molecule has 6 nitrogen and oxygen atoms in total. The molecule has 0 radical (unpaired) electrons. The Bertz CT molecular complexity index is 794. The zero-order valence-corrected chi connectivity index (χ0v) is 16.5. The lowest BCUT2D eigenvalue weighted by atomic mass is 10.1. The lowest BCUT2D eigenvalue weighted by Crippen LogP contribution is -2.27. The van der Waals surface area contributed by atoms with Crippen LogP contribution in [0.3, 0.4) is 0 Å². The maximum Gasteiger partial charge on any atom is 0.344 e. The third-order valence-corrected chi connectivity index (χ3v) is 3.54. The summed E-state index contributed by atoms with van der Waals surface area (Å²) < 4.78 is 10.6. The minimum absolute atomic E-state index is 0.141. The van der Waals surface area contributed by atoms with E-state index in [0.29, 0.717) is 18.6 Å².